The van der Waals surface area contributed by atoms with Crippen molar-refractivity contribution in [1.29, 1.82) is 0 Å². The topological polar surface area (TPSA) is 83.5 Å². The largest absolute Gasteiger partial charge is 0.490 e. The van der Waals surface area contributed by atoms with Crippen LogP contribution in [0.25, 0.3) is 11.3 Å². The first-order chi connectivity index (χ1) is 16.5. The first-order valence-corrected chi connectivity index (χ1v) is 12.7. The molecule has 2 aromatic heterocycles. The minimum Gasteiger partial charge on any atom is -0.490 e. The molecule has 1 N–H and O–H groups in total. The van der Waals surface area contributed by atoms with Crippen LogP contribution in [0.2, 0.25) is 0 Å². The lowest BCUT2D eigenvalue weighted by molar-refractivity contribution is 0.0901. The van der Waals surface area contributed by atoms with E-state index in [0.717, 1.165) is 58.8 Å². The molecule has 9 heteroatoms. The highest BCUT2D eigenvalue weighted by atomic mass is 32.1. The van der Waals surface area contributed by atoms with Gasteiger partial charge in [0.25, 0.3) is 5.91 Å². The Morgan fingerprint density at radius 3 is 2.71 bits per heavy atom. The van der Waals surface area contributed by atoms with Gasteiger partial charge >= 0.3 is 0 Å². The number of thiazole rings is 1. The summed E-state index contributed by atoms with van der Waals surface area (Å²) in [5, 5.41) is 12.9. The highest BCUT2D eigenvalue weighted by Crippen LogP contribution is 2.42. The number of fused-ring (bicyclic) bond motifs is 2. The van der Waals surface area contributed by atoms with Gasteiger partial charge in [-0.25, -0.2) is 4.98 Å². The third-order valence-electron chi connectivity index (χ3n) is 6.63. The number of hydrogen-bond acceptors (Lipinski definition) is 8. The number of carbonyl (C=O) groups is 1. The predicted octanol–water partition coefficient (Wildman–Crippen LogP) is 4.19. The lowest BCUT2D eigenvalue weighted by Gasteiger charge is -2.30. The van der Waals surface area contributed by atoms with E-state index in [1.165, 1.54) is 30.6 Å². The first-order valence-electron chi connectivity index (χ1n) is 11.9. The van der Waals surface area contributed by atoms with Crippen molar-refractivity contribution in [2.24, 2.45) is 0 Å². The number of piperidine rings is 1. The molecule has 3 aromatic rings. The quantitative estimate of drug-likeness (QED) is 0.607. The molecule has 1 aromatic carbocycles. The summed E-state index contributed by atoms with van der Waals surface area (Å²) < 4.78 is 5.93. The Bertz CT molecular complexity index is 1230. The molecule has 3 aliphatic rings. The maximum Gasteiger partial charge on any atom is 0.263 e. The van der Waals surface area contributed by atoms with Crippen molar-refractivity contribution in [2.45, 2.75) is 45.1 Å². The van der Waals surface area contributed by atoms with Gasteiger partial charge in [0.15, 0.2) is 10.9 Å². The lowest BCUT2D eigenvalue weighted by atomic mass is 9.94. The standard InChI is InChI=1S/C25H28N6O2S/c1-25(2)15-18-22(23(32)27-25)34-24(26-18)31-12-13-33-20-8-6-16(14-19(20)31)17-7-9-21(29-28-17)30-10-4-3-5-11-30/h6-9,14H,3-5,10-13,15H2,1-2H3,(H,27,32). The smallest absolute Gasteiger partial charge is 0.263 e. The molecule has 0 saturated carbocycles. The Kier molecular flexibility index (Phi) is 5.17. The number of rotatable bonds is 3. The van der Waals surface area contributed by atoms with Crippen molar-refractivity contribution in [3.63, 3.8) is 0 Å². The number of hydrogen-bond donors (Lipinski definition) is 1. The molecule has 1 amide bonds. The van der Waals surface area contributed by atoms with Crippen LogP contribution >= 0.6 is 11.3 Å². The average molecular weight is 477 g/mol. The second-order valence-corrected chi connectivity index (χ2v) is 10.8. The van der Waals surface area contributed by atoms with Gasteiger partial charge in [-0.15, -0.1) is 10.2 Å². The zero-order chi connectivity index (χ0) is 23.3. The molecule has 0 unspecified atom stereocenters. The number of carbonyl (C=O) groups excluding carboxylic acids is 1. The van der Waals surface area contributed by atoms with Gasteiger partial charge < -0.3 is 19.9 Å². The molecule has 5 heterocycles. The van der Waals surface area contributed by atoms with E-state index >= 15 is 0 Å². The Balaban J connectivity index is 1.31. The van der Waals surface area contributed by atoms with Gasteiger partial charge in [0, 0.05) is 30.6 Å². The maximum atomic E-state index is 12.6. The molecule has 8 nitrogen and oxygen atoms in total. The summed E-state index contributed by atoms with van der Waals surface area (Å²) in [6, 6.07) is 10.2. The number of amides is 1. The fourth-order valence-electron chi connectivity index (χ4n) is 4.93. The van der Waals surface area contributed by atoms with E-state index in [9.17, 15) is 4.79 Å². The Morgan fingerprint density at radius 1 is 1.06 bits per heavy atom. The summed E-state index contributed by atoms with van der Waals surface area (Å²) in [4.78, 5) is 22.7. The van der Waals surface area contributed by atoms with Crippen molar-refractivity contribution in [1.82, 2.24) is 20.5 Å². The number of aromatic nitrogens is 3. The van der Waals surface area contributed by atoms with Crippen LogP contribution in [-0.4, -0.2) is 52.9 Å². The Hall–Kier alpha value is -3.20. The number of anilines is 3. The molecule has 6 rings (SSSR count). The van der Waals surface area contributed by atoms with Crippen molar-refractivity contribution in [3.05, 3.63) is 40.9 Å². The number of nitrogens with one attached hydrogen (secondary N) is 1. The van der Waals surface area contributed by atoms with E-state index in [4.69, 9.17) is 9.72 Å². The molecule has 0 atom stereocenters. The van der Waals surface area contributed by atoms with Gasteiger partial charge in [-0.05, 0) is 63.4 Å². The minimum absolute atomic E-state index is 0.0405. The third-order valence-corrected chi connectivity index (χ3v) is 7.75. The van der Waals surface area contributed by atoms with Gasteiger partial charge in [-0.1, -0.05) is 11.3 Å². The zero-order valence-electron chi connectivity index (χ0n) is 19.5. The van der Waals surface area contributed by atoms with Crippen LogP contribution in [0.5, 0.6) is 5.75 Å². The maximum absolute atomic E-state index is 12.6. The summed E-state index contributed by atoms with van der Waals surface area (Å²) in [5.41, 5.74) is 3.33. The summed E-state index contributed by atoms with van der Waals surface area (Å²) >= 11 is 1.45. The van der Waals surface area contributed by atoms with Gasteiger partial charge in [-0.2, -0.15) is 0 Å². The summed E-state index contributed by atoms with van der Waals surface area (Å²) in [6.45, 7) is 7.39. The van der Waals surface area contributed by atoms with Gasteiger partial charge in [0.2, 0.25) is 0 Å². The monoisotopic (exact) mass is 476 g/mol. The normalized spacial score (nSPS) is 19.2. The molecule has 0 spiro atoms. The highest BCUT2D eigenvalue weighted by molar-refractivity contribution is 7.17. The van der Waals surface area contributed by atoms with Gasteiger partial charge in [0.1, 0.15) is 17.2 Å². The third kappa shape index (κ3) is 3.87. The predicted molar refractivity (Wildman–Crippen MR) is 133 cm³/mol. The minimum atomic E-state index is -0.287. The lowest BCUT2D eigenvalue weighted by Crippen LogP contribution is -2.48. The first kappa shape index (κ1) is 21.3. The summed E-state index contributed by atoms with van der Waals surface area (Å²) in [7, 11) is 0. The molecule has 176 valence electrons. The second-order valence-electron chi connectivity index (χ2n) is 9.79. The molecule has 3 aliphatic heterocycles. The van der Waals surface area contributed by atoms with Crippen LogP contribution < -0.4 is 19.9 Å². The van der Waals surface area contributed by atoms with Gasteiger partial charge in [-0.3, -0.25) is 4.79 Å². The molecule has 1 fully saturated rings. The Labute approximate surface area is 203 Å². The molecule has 0 bridgehead atoms. The van der Waals surface area contributed by atoms with Crippen molar-refractivity contribution in [2.75, 3.05) is 36.0 Å². The second kappa shape index (κ2) is 8.23. The van der Waals surface area contributed by atoms with Crippen molar-refractivity contribution in [3.8, 4) is 17.0 Å². The molecular weight excluding hydrogens is 448 g/mol. The molecular formula is C25H28N6O2S. The number of ether oxygens (including phenoxy) is 1. The molecule has 1 saturated heterocycles. The number of benzene rings is 1. The fourth-order valence-corrected chi connectivity index (χ4v) is 5.94. The van der Waals surface area contributed by atoms with E-state index < -0.39 is 0 Å². The van der Waals surface area contributed by atoms with Crippen LogP contribution in [0.15, 0.2) is 30.3 Å². The molecule has 34 heavy (non-hydrogen) atoms. The van der Waals surface area contributed by atoms with Crippen molar-refractivity contribution < 1.29 is 9.53 Å². The number of nitrogens with zero attached hydrogens (tertiary/aromatic N) is 5. The highest BCUT2D eigenvalue weighted by Gasteiger charge is 2.34. The van der Waals surface area contributed by atoms with Crippen molar-refractivity contribution >= 4 is 33.9 Å². The van der Waals surface area contributed by atoms with E-state index in [0.29, 0.717) is 18.0 Å². The van der Waals surface area contributed by atoms with Crippen LogP contribution in [0, 0.1) is 0 Å². The van der Waals surface area contributed by atoms with Crippen LogP contribution in [0.1, 0.15) is 48.5 Å². The molecule has 0 aliphatic carbocycles. The van der Waals surface area contributed by atoms with Crippen LogP contribution in [-0.2, 0) is 6.42 Å². The van der Waals surface area contributed by atoms with E-state index in [1.54, 1.807) is 0 Å². The molecule has 0 radical (unpaired) electrons. The van der Waals surface area contributed by atoms with E-state index in [-0.39, 0.29) is 11.4 Å². The van der Waals surface area contributed by atoms with Crippen LogP contribution in [0.3, 0.4) is 0 Å². The summed E-state index contributed by atoms with van der Waals surface area (Å²) in [5.74, 6) is 1.72. The van der Waals surface area contributed by atoms with Gasteiger partial charge in [0.05, 0.1) is 23.6 Å². The Morgan fingerprint density at radius 2 is 1.91 bits per heavy atom. The van der Waals surface area contributed by atoms with E-state index in [2.05, 4.69) is 37.4 Å². The summed E-state index contributed by atoms with van der Waals surface area (Å²) in [6.07, 6.45) is 4.44. The van der Waals surface area contributed by atoms with Crippen LogP contribution in [0.4, 0.5) is 16.6 Å². The fraction of sp³-hybridized carbons (Fsp3) is 0.440. The zero-order valence-corrected chi connectivity index (χ0v) is 20.3. The van der Waals surface area contributed by atoms with E-state index in [1.807, 2.05) is 32.0 Å². The SMILES string of the molecule is CC1(C)Cc2nc(N3CCOc4ccc(-c5ccc(N6CCCCC6)nn5)cc43)sc2C(=O)N1. The average Bonchev–Trinajstić information content (AvgIpc) is 3.27.